The van der Waals surface area contributed by atoms with Gasteiger partial charge in [0.2, 0.25) is 15.9 Å². The van der Waals surface area contributed by atoms with Crippen molar-refractivity contribution in [3.8, 4) is 0 Å². The number of carbonyl (C=O) groups excluding carboxylic acids is 1. The molecule has 0 radical (unpaired) electrons. The van der Waals surface area contributed by atoms with Gasteiger partial charge in [-0.05, 0) is 19.1 Å². The van der Waals surface area contributed by atoms with Crippen LogP contribution >= 0.6 is 0 Å². The predicted octanol–water partition coefficient (Wildman–Crippen LogP) is 0.491. The fraction of sp³-hybridized carbons (Fsp3) is 0.562. The number of carbonyl (C=O) groups is 1. The molecule has 0 unspecified atom stereocenters. The lowest BCUT2D eigenvalue weighted by atomic mass is 10.2. The number of sulfonamides is 1. The van der Waals surface area contributed by atoms with Crippen LogP contribution in [0.5, 0.6) is 0 Å². The molecular weight excluding hydrogens is 332 g/mol. The standard InChI is InChI=1S/C16H24N2O5S/c1-14-3-5-15(6-4-14)24(20,21)18-9-7-17(8-10-18)16(19)13-23-12-11-22-2/h3-6H,7-13H2,1-2H3. The molecule has 0 N–H and O–H groups in total. The zero-order valence-corrected chi connectivity index (χ0v) is 14.9. The van der Waals surface area contributed by atoms with E-state index in [1.54, 1.807) is 36.3 Å². The molecule has 1 aromatic carbocycles. The van der Waals surface area contributed by atoms with Crippen LogP contribution in [0.1, 0.15) is 5.56 Å². The van der Waals surface area contributed by atoms with Crippen LogP contribution in [0.2, 0.25) is 0 Å². The van der Waals surface area contributed by atoms with Crippen molar-refractivity contribution in [2.75, 3.05) is 53.1 Å². The molecule has 8 heteroatoms. The van der Waals surface area contributed by atoms with Gasteiger partial charge in [0.25, 0.3) is 0 Å². The lowest BCUT2D eigenvalue weighted by Crippen LogP contribution is -2.51. The summed E-state index contributed by atoms with van der Waals surface area (Å²) in [7, 11) is -1.94. The van der Waals surface area contributed by atoms with Gasteiger partial charge < -0.3 is 14.4 Å². The van der Waals surface area contributed by atoms with E-state index in [9.17, 15) is 13.2 Å². The smallest absolute Gasteiger partial charge is 0.248 e. The quantitative estimate of drug-likeness (QED) is 0.665. The molecule has 1 heterocycles. The summed E-state index contributed by atoms with van der Waals surface area (Å²) in [5, 5.41) is 0. The van der Waals surface area contributed by atoms with Crippen molar-refractivity contribution in [1.82, 2.24) is 9.21 Å². The molecular formula is C16H24N2O5S. The van der Waals surface area contributed by atoms with E-state index in [0.29, 0.717) is 39.4 Å². The number of amides is 1. The summed E-state index contributed by atoms with van der Waals surface area (Å²) in [5.41, 5.74) is 1.01. The number of benzene rings is 1. The van der Waals surface area contributed by atoms with Crippen molar-refractivity contribution in [1.29, 1.82) is 0 Å². The zero-order chi connectivity index (χ0) is 17.6. The van der Waals surface area contributed by atoms with E-state index in [1.807, 2.05) is 6.92 Å². The first kappa shape index (κ1) is 18.9. The van der Waals surface area contributed by atoms with Gasteiger partial charge in [0.05, 0.1) is 18.1 Å². The van der Waals surface area contributed by atoms with Crippen molar-refractivity contribution in [3.63, 3.8) is 0 Å². The van der Waals surface area contributed by atoms with Crippen molar-refractivity contribution in [2.24, 2.45) is 0 Å². The van der Waals surface area contributed by atoms with Gasteiger partial charge in [-0.15, -0.1) is 0 Å². The SMILES string of the molecule is COCCOCC(=O)N1CCN(S(=O)(=O)c2ccc(C)cc2)CC1. The second kappa shape index (κ2) is 8.57. The highest BCUT2D eigenvalue weighted by Crippen LogP contribution is 2.18. The highest BCUT2D eigenvalue weighted by atomic mass is 32.2. The van der Waals surface area contributed by atoms with Gasteiger partial charge in [-0.25, -0.2) is 8.42 Å². The van der Waals surface area contributed by atoms with E-state index < -0.39 is 10.0 Å². The van der Waals surface area contributed by atoms with Gasteiger partial charge in [0, 0.05) is 33.3 Å². The van der Waals surface area contributed by atoms with Gasteiger partial charge in [0.1, 0.15) is 6.61 Å². The summed E-state index contributed by atoms with van der Waals surface area (Å²) >= 11 is 0. The first-order valence-electron chi connectivity index (χ1n) is 7.86. The minimum Gasteiger partial charge on any atom is -0.382 e. The predicted molar refractivity (Wildman–Crippen MR) is 89.2 cm³/mol. The third-order valence-corrected chi connectivity index (χ3v) is 5.82. The average molecular weight is 356 g/mol. The molecule has 2 rings (SSSR count). The van der Waals surface area contributed by atoms with Gasteiger partial charge in [-0.1, -0.05) is 17.7 Å². The molecule has 1 amide bonds. The number of methoxy groups -OCH3 is 1. The summed E-state index contributed by atoms with van der Waals surface area (Å²) in [6.07, 6.45) is 0. The van der Waals surface area contributed by atoms with Gasteiger partial charge >= 0.3 is 0 Å². The molecule has 0 aliphatic carbocycles. The van der Waals surface area contributed by atoms with E-state index in [4.69, 9.17) is 9.47 Å². The number of piperazine rings is 1. The number of hydrogen-bond donors (Lipinski definition) is 0. The molecule has 0 spiro atoms. The van der Waals surface area contributed by atoms with Crippen LogP contribution in [0.15, 0.2) is 29.2 Å². The first-order chi connectivity index (χ1) is 11.4. The molecule has 7 nitrogen and oxygen atoms in total. The largest absolute Gasteiger partial charge is 0.382 e. The number of hydrogen-bond acceptors (Lipinski definition) is 5. The first-order valence-corrected chi connectivity index (χ1v) is 9.30. The van der Waals surface area contributed by atoms with E-state index in [1.165, 1.54) is 4.31 Å². The molecule has 0 bridgehead atoms. The summed E-state index contributed by atoms with van der Waals surface area (Å²) in [4.78, 5) is 13.9. The number of nitrogens with zero attached hydrogens (tertiary/aromatic N) is 2. The lowest BCUT2D eigenvalue weighted by Gasteiger charge is -2.34. The Bertz CT molecular complexity index is 637. The van der Waals surface area contributed by atoms with Crippen molar-refractivity contribution >= 4 is 15.9 Å². The van der Waals surface area contributed by atoms with Gasteiger partial charge in [-0.2, -0.15) is 4.31 Å². The molecule has 1 aromatic rings. The van der Waals surface area contributed by atoms with E-state index in [0.717, 1.165) is 5.56 Å². The normalized spacial score (nSPS) is 16.3. The maximum atomic E-state index is 12.6. The minimum absolute atomic E-state index is 0.00588. The van der Waals surface area contributed by atoms with Crippen LogP contribution in [0.3, 0.4) is 0 Å². The molecule has 1 aliphatic heterocycles. The van der Waals surface area contributed by atoms with Crippen LogP contribution in [0.4, 0.5) is 0 Å². The van der Waals surface area contributed by atoms with Crippen LogP contribution in [0.25, 0.3) is 0 Å². The van der Waals surface area contributed by atoms with Crippen molar-refractivity contribution < 1.29 is 22.7 Å². The van der Waals surface area contributed by atoms with Crippen LogP contribution < -0.4 is 0 Å². The number of aryl methyl sites for hydroxylation is 1. The maximum Gasteiger partial charge on any atom is 0.248 e. The maximum absolute atomic E-state index is 12.6. The molecule has 0 atom stereocenters. The molecule has 1 saturated heterocycles. The molecule has 1 aliphatic rings. The second-order valence-electron chi connectivity index (χ2n) is 5.64. The van der Waals surface area contributed by atoms with Gasteiger partial charge in [0.15, 0.2) is 0 Å². The van der Waals surface area contributed by atoms with Crippen LogP contribution in [-0.2, 0) is 24.3 Å². The minimum atomic E-state index is -3.50. The Morgan fingerprint density at radius 1 is 1.08 bits per heavy atom. The Kier molecular flexibility index (Phi) is 6.73. The third kappa shape index (κ3) is 4.76. The van der Waals surface area contributed by atoms with Crippen molar-refractivity contribution in [3.05, 3.63) is 29.8 Å². The highest BCUT2D eigenvalue weighted by Gasteiger charge is 2.29. The Balaban J connectivity index is 1.87. The molecule has 1 fully saturated rings. The summed E-state index contributed by atoms with van der Waals surface area (Å²) < 4.78 is 36.7. The Hall–Kier alpha value is -1.48. The number of rotatable bonds is 7. The Morgan fingerprint density at radius 2 is 1.71 bits per heavy atom. The average Bonchev–Trinajstić information content (AvgIpc) is 2.59. The summed E-state index contributed by atoms with van der Waals surface area (Å²) in [6, 6.07) is 6.80. The van der Waals surface area contributed by atoms with Crippen LogP contribution in [-0.4, -0.2) is 76.6 Å². The molecule has 134 valence electrons. The zero-order valence-electron chi connectivity index (χ0n) is 14.1. The highest BCUT2D eigenvalue weighted by molar-refractivity contribution is 7.89. The molecule has 24 heavy (non-hydrogen) atoms. The van der Waals surface area contributed by atoms with E-state index in [2.05, 4.69) is 0 Å². The fourth-order valence-corrected chi connectivity index (χ4v) is 3.85. The summed E-state index contributed by atoms with van der Waals surface area (Å²) in [5.74, 6) is -0.126. The summed E-state index contributed by atoms with van der Waals surface area (Å²) in [6.45, 7) is 4.04. The van der Waals surface area contributed by atoms with Crippen LogP contribution in [0, 0.1) is 6.92 Å². The lowest BCUT2D eigenvalue weighted by molar-refractivity contribution is -0.137. The fourth-order valence-electron chi connectivity index (χ4n) is 2.43. The second-order valence-corrected chi connectivity index (χ2v) is 7.58. The monoisotopic (exact) mass is 356 g/mol. The van der Waals surface area contributed by atoms with E-state index in [-0.39, 0.29) is 17.4 Å². The molecule has 0 aromatic heterocycles. The number of ether oxygens (including phenoxy) is 2. The third-order valence-electron chi connectivity index (χ3n) is 3.91. The van der Waals surface area contributed by atoms with E-state index >= 15 is 0 Å². The van der Waals surface area contributed by atoms with Crippen molar-refractivity contribution in [2.45, 2.75) is 11.8 Å². The topological polar surface area (TPSA) is 76.2 Å². The Morgan fingerprint density at radius 3 is 2.29 bits per heavy atom. The van der Waals surface area contributed by atoms with Gasteiger partial charge in [-0.3, -0.25) is 4.79 Å². The molecule has 0 saturated carbocycles. The Labute approximate surface area is 143 Å².